The highest BCUT2D eigenvalue weighted by molar-refractivity contribution is 14.0. The first-order valence-corrected chi connectivity index (χ1v) is 7.93. The Kier molecular flexibility index (Phi) is 11.8. The monoisotopic (exact) mass is 410 g/mol. The highest BCUT2D eigenvalue weighted by Crippen LogP contribution is 2.08. The van der Waals surface area contributed by atoms with Crippen molar-refractivity contribution < 1.29 is 4.79 Å². The molecule has 21 heavy (non-hydrogen) atoms. The first kappa shape index (κ1) is 20.5. The van der Waals surface area contributed by atoms with Gasteiger partial charge >= 0.3 is 0 Å². The van der Waals surface area contributed by atoms with Gasteiger partial charge in [-0.05, 0) is 32.1 Å². The van der Waals surface area contributed by atoms with E-state index in [9.17, 15) is 4.79 Å². The number of nitrogens with one attached hydrogen (secondary N) is 2. The minimum atomic E-state index is 0. The number of rotatable bonds is 7. The van der Waals surface area contributed by atoms with Gasteiger partial charge in [0.25, 0.3) is 0 Å². The number of nitrogens with zero attached hydrogens (tertiary/aromatic N) is 2. The van der Waals surface area contributed by atoms with Gasteiger partial charge in [0.2, 0.25) is 5.91 Å². The van der Waals surface area contributed by atoms with Crippen LogP contribution in [0.5, 0.6) is 0 Å². The number of carbonyl (C=O) groups is 1. The van der Waals surface area contributed by atoms with Gasteiger partial charge in [-0.15, -0.1) is 24.0 Å². The molecule has 0 radical (unpaired) electrons. The van der Waals surface area contributed by atoms with E-state index in [-0.39, 0.29) is 29.9 Å². The zero-order valence-electron chi connectivity index (χ0n) is 13.7. The number of guanidine groups is 1. The predicted octanol–water partition coefficient (Wildman–Crippen LogP) is 2.22. The van der Waals surface area contributed by atoms with Gasteiger partial charge in [0.15, 0.2) is 5.96 Å². The molecule has 0 unspecified atom stereocenters. The number of halogens is 1. The Hall–Kier alpha value is -0.530. The smallest absolute Gasteiger partial charge is 0.224 e. The van der Waals surface area contributed by atoms with Crippen molar-refractivity contribution >= 4 is 35.8 Å². The molecular weight excluding hydrogens is 379 g/mol. The minimum Gasteiger partial charge on any atom is -0.357 e. The lowest BCUT2D eigenvalue weighted by atomic mass is 10.1. The van der Waals surface area contributed by atoms with E-state index >= 15 is 0 Å². The van der Waals surface area contributed by atoms with E-state index < -0.39 is 0 Å². The lowest BCUT2D eigenvalue weighted by Gasteiger charge is -2.16. The van der Waals surface area contributed by atoms with Crippen LogP contribution in [-0.4, -0.2) is 49.5 Å². The fourth-order valence-corrected chi connectivity index (χ4v) is 2.19. The first-order valence-electron chi connectivity index (χ1n) is 7.93. The van der Waals surface area contributed by atoms with Gasteiger partial charge in [-0.1, -0.05) is 13.8 Å². The average Bonchev–Trinajstić information content (AvgIpc) is 2.92. The highest BCUT2D eigenvalue weighted by atomic mass is 127. The van der Waals surface area contributed by atoms with E-state index in [2.05, 4.69) is 36.4 Å². The van der Waals surface area contributed by atoms with Crippen molar-refractivity contribution in [1.82, 2.24) is 15.5 Å². The molecule has 1 fully saturated rings. The molecule has 0 aromatic rings. The fraction of sp³-hybridized carbons (Fsp3) is 0.867. The number of amides is 1. The van der Waals surface area contributed by atoms with Crippen LogP contribution in [0.3, 0.4) is 0 Å². The third-order valence-electron chi connectivity index (χ3n) is 3.41. The van der Waals surface area contributed by atoms with Crippen molar-refractivity contribution in [1.29, 1.82) is 0 Å². The van der Waals surface area contributed by atoms with Gasteiger partial charge in [-0.2, -0.15) is 0 Å². The summed E-state index contributed by atoms with van der Waals surface area (Å²) in [5.74, 6) is 1.74. The maximum Gasteiger partial charge on any atom is 0.224 e. The van der Waals surface area contributed by atoms with E-state index in [0.29, 0.717) is 18.9 Å². The zero-order chi connectivity index (χ0) is 14.8. The van der Waals surface area contributed by atoms with Crippen LogP contribution in [0.25, 0.3) is 0 Å². The SMILES string of the molecule is CCNC(=NCCC(C)C)NCCC(=O)N1CCCC1.I. The number of aliphatic imine (C=N–C) groups is 1. The molecule has 1 aliphatic heterocycles. The molecule has 0 aromatic heterocycles. The Morgan fingerprint density at radius 1 is 1.24 bits per heavy atom. The molecule has 0 bridgehead atoms. The summed E-state index contributed by atoms with van der Waals surface area (Å²) in [6.45, 7) is 10.6. The maximum atomic E-state index is 11.9. The van der Waals surface area contributed by atoms with Crippen LogP contribution in [0.15, 0.2) is 4.99 Å². The standard InChI is InChI=1S/C15H30N4O.HI/c1-4-16-15(17-9-7-13(2)3)18-10-8-14(20)19-11-5-6-12-19;/h13H,4-12H2,1-3H3,(H2,16,17,18);1H. The number of hydrogen-bond acceptors (Lipinski definition) is 2. The van der Waals surface area contributed by atoms with Crippen LogP contribution in [0.1, 0.15) is 46.5 Å². The summed E-state index contributed by atoms with van der Waals surface area (Å²) in [4.78, 5) is 18.4. The molecule has 0 aromatic carbocycles. The summed E-state index contributed by atoms with van der Waals surface area (Å²) in [6, 6.07) is 0. The number of carbonyl (C=O) groups excluding carboxylic acids is 1. The van der Waals surface area contributed by atoms with Crippen molar-refractivity contribution in [2.75, 3.05) is 32.7 Å². The third kappa shape index (κ3) is 9.16. The molecule has 1 saturated heterocycles. The summed E-state index contributed by atoms with van der Waals surface area (Å²) in [7, 11) is 0. The summed E-state index contributed by atoms with van der Waals surface area (Å²) in [5, 5.41) is 6.45. The van der Waals surface area contributed by atoms with E-state index in [1.54, 1.807) is 0 Å². The lowest BCUT2D eigenvalue weighted by Crippen LogP contribution is -2.39. The van der Waals surface area contributed by atoms with Gasteiger partial charge < -0.3 is 15.5 Å². The second-order valence-electron chi connectivity index (χ2n) is 5.71. The van der Waals surface area contributed by atoms with Gasteiger partial charge in [0.1, 0.15) is 0 Å². The Balaban J connectivity index is 0.00000400. The Morgan fingerprint density at radius 2 is 1.90 bits per heavy atom. The normalized spacial score (nSPS) is 15.0. The molecule has 0 aliphatic carbocycles. The van der Waals surface area contributed by atoms with E-state index in [1.165, 1.54) is 0 Å². The van der Waals surface area contributed by atoms with Gasteiger partial charge in [0.05, 0.1) is 0 Å². The molecule has 0 atom stereocenters. The Bertz CT molecular complexity index is 315. The predicted molar refractivity (Wildman–Crippen MR) is 99.3 cm³/mol. The lowest BCUT2D eigenvalue weighted by molar-refractivity contribution is -0.129. The van der Waals surface area contributed by atoms with E-state index in [4.69, 9.17) is 0 Å². The Morgan fingerprint density at radius 3 is 2.48 bits per heavy atom. The van der Waals surface area contributed by atoms with Crippen molar-refractivity contribution in [3.63, 3.8) is 0 Å². The summed E-state index contributed by atoms with van der Waals surface area (Å²) < 4.78 is 0. The number of hydrogen-bond donors (Lipinski definition) is 2. The molecule has 0 spiro atoms. The second-order valence-corrected chi connectivity index (χ2v) is 5.71. The van der Waals surface area contributed by atoms with Crippen LogP contribution in [0, 0.1) is 5.92 Å². The molecular formula is C15H31IN4O. The van der Waals surface area contributed by atoms with Crippen LogP contribution < -0.4 is 10.6 Å². The molecule has 124 valence electrons. The van der Waals surface area contributed by atoms with Crippen LogP contribution in [0.4, 0.5) is 0 Å². The summed E-state index contributed by atoms with van der Waals surface area (Å²) >= 11 is 0. The maximum absolute atomic E-state index is 11.9. The molecule has 1 amide bonds. The van der Waals surface area contributed by atoms with E-state index in [0.717, 1.165) is 51.4 Å². The van der Waals surface area contributed by atoms with Crippen LogP contribution >= 0.6 is 24.0 Å². The van der Waals surface area contributed by atoms with Crippen LogP contribution in [0.2, 0.25) is 0 Å². The topological polar surface area (TPSA) is 56.7 Å². The molecule has 1 rings (SSSR count). The summed E-state index contributed by atoms with van der Waals surface area (Å²) in [6.07, 6.45) is 3.94. The average molecular weight is 410 g/mol. The first-order chi connectivity index (χ1) is 9.63. The molecule has 0 saturated carbocycles. The zero-order valence-corrected chi connectivity index (χ0v) is 16.0. The molecule has 5 nitrogen and oxygen atoms in total. The third-order valence-corrected chi connectivity index (χ3v) is 3.41. The van der Waals surface area contributed by atoms with E-state index in [1.807, 2.05) is 4.90 Å². The van der Waals surface area contributed by atoms with Gasteiger partial charge in [0, 0.05) is 39.1 Å². The van der Waals surface area contributed by atoms with Crippen LogP contribution in [-0.2, 0) is 4.79 Å². The molecule has 6 heteroatoms. The second kappa shape index (κ2) is 12.1. The minimum absolute atomic E-state index is 0. The van der Waals surface area contributed by atoms with Gasteiger partial charge in [-0.3, -0.25) is 9.79 Å². The molecule has 1 heterocycles. The largest absolute Gasteiger partial charge is 0.357 e. The molecule has 1 aliphatic rings. The van der Waals surface area contributed by atoms with Crippen molar-refractivity contribution in [3.8, 4) is 0 Å². The Labute approximate surface area is 146 Å². The fourth-order valence-electron chi connectivity index (χ4n) is 2.19. The van der Waals surface area contributed by atoms with Crippen molar-refractivity contribution in [3.05, 3.63) is 0 Å². The summed E-state index contributed by atoms with van der Waals surface area (Å²) in [5.41, 5.74) is 0. The number of likely N-dealkylation sites (tertiary alicyclic amines) is 1. The molecule has 2 N–H and O–H groups in total. The van der Waals surface area contributed by atoms with Crippen molar-refractivity contribution in [2.45, 2.75) is 46.5 Å². The highest BCUT2D eigenvalue weighted by Gasteiger charge is 2.17. The van der Waals surface area contributed by atoms with Crippen molar-refractivity contribution in [2.24, 2.45) is 10.9 Å². The van der Waals surface area contributed by atoms with Gasteiger partial charge in [-0.25, -0.2) is 0 Å². The quantitative estimate of drug-likeness (QED) is 0.385.